The number of hydrogen-bond acceptors (Lipinski definition) is 5. The number of alkyl halides is 3. The van der Waals surface area contributed by atoms with Crippen molar-refractivity contribution in [1.29, 1.82) is 0 Å². The highest BCUT2D eigenvalue weighted by Crippen LogP contribution is 2.29. The molecule has 1 aliphatic rings. The molecule has 0 spiro atoms. The summed E-state index contributed by atoms with van der Waals surface area (Å²) in [5.74, 6) is 0. The van der Waals surface area contributed by atoms with Crippen LogP contribution in [0.3, 0.4) is 0 Å². The molecule has 30 heavy (non-hydrogen) atoms. The molecule has 1 amide bonds. The van der Waals surface area contributed by atoms with Crippen molar-refractivity contribution in [1.82, 2.24) is 10.4 Å². The van der Waals surface area contributed by atoms with Crippen LogP contribution in [-0.4, -0.2) is 49.0 Å². The van der Waals surface area contributed by atoms with Gasteiger partial charge in [-0.1, -0.05) is 18.7 Å². The van der Waals surface area contributed by atoms with E-state index >= 15 is 0 Å². The number of rotatable bonds is 7. The van der Waals surface area contributed by atoms with Crippen molar-refractivity contribution in [3.63, 3.8) is 0 Å². The Bertz CT molecular complexity index is 706. The van der Waals surface area contributed by atoms with Crippen LogP contribution in [0.5, 0.6) is 0 Å². The molecular weight excluding hydrogens is 401 g/mol. The maximum absolute atomic E-state index is 12.6. The topological polar surface area (TPSA) is 60.0 Å². The third-order valence-corrected chi connectivity index (χ3v) is 4.39. The highest BCUT2D eigenvalue weighted by Gasteiger charge is 2.30. The standard InChI is InChI=1S/C21H29F3N2O4/c1-15(16-5-7-17(8-6-16)21(22,23)24)25-29-14-13-28-18-9-11-26(12-10-18)19(27)30-20(2,3)4/h5-8,18,25H,1,9-14H2,2-4H3. The molecule has 1 aromatic rings. The number of benzene rings is 1. The number of amides is 1. The van der Waals surface area contributed by atoms with Crippen LogP contribution >= 0.6 is 0 Å². The molecule has 0 unspecified atom stereocenters. The van der Waals surface area contributed by atoms with Gasteiger partial charge in [-0.25, -0.2) is 4.79 Å². The Balaban J connectivity index is 1.61. The zero-order valence-corrected chi connectivity index (χ0v) is 17.6. The van der Waals surface area contributed by atoms with Crippen molar-refractivity contribution in [3.8, 4) is 0 Å². The summed E-state index contributed by atoms with van der Waals surface area (Å²) >= 11 is 0. The molecule has 1 aromatic carbocycles. The summed E-state index contributed by atoms with van der Waals surface area (Å²) in [6.45, 7) is 11.0. The van der Waals surface area contributed by atoms with Gasteiger partial charge in [0.2, 0.25) is 0 Å². The van der Waals surface area contributed by atoms with E-state index in [1.54, 1.807) is 4.90 Å². The van der Waals surface area contributed by atoms with Crippen LogP contribution in [0.1, 0.15) is 44.7 Å². The van der Waals surface area contributed by atoms with E-state index in [-0.39, 0.29) is 18.8 Å². The maximum Gasteiger partial charge on any atom is 0.416 e. The lowest BCUT2D eigenvalue weighted by molar-refractivity contribution is -0.137. The first kappa shape index (κ1) is 24.0. The number of hydroxylamine groups is 1. The van der Waals surface area contributed by atoms with Crippen LogP contribution in [0.25, 0.3) is 5.70 Å². The van der Waals surface area contributed by atoms with Crippen LogP contribution in [0, 0.1) is 0 Å². The molecular formula is C21H29F3N2O4. The minimum absolute atomic E-state index is 0.0328. The summed E-state index contributed by atoms with van der Waals surface area (Å²) in [5.41, 5.74) is 2.24. The summed E-state index contributed by atoms with van der Waals surface area (Å²) in [6.07, 6.45) is -3.22. The molecule has 1 heterocycles. The zero-order chi connectivity index (χ0) is 22.4. The Morgan fingerprint density at radius 1 is 1.13 bits per heavy atom. The number of hydrogen-bond donors (Lipinski definition) is 1. The summed E-state index contributed by atoms with van der Waals surface area (Å²) < 4.78 is 48.9. The molecule has 0 saturated carbocycles. The maximum atomic E-state index is 12.6. The van der Waals surface area contributed by atoms with E-state index in [0.717, 1.165) is 12.1 Å². The molecule has 0 radical (unpaired) electrons. The summed E-state index contributed by atoms with van der Waals surface area (Å²) in [5, 5.41) is 0. The highest BCUT2D eigenvalue weighted by atomic mass is 19.4. The van der Waals surface area contributed by atoms with Gasteiger partial charge in [-0.3, -0.25) is 10.3 Å². The van der Waals surface area contributed by atoms with Crippen LogP contribution in [0.15, 0.2) is 30.8 Å². The molecule has 9 heteroatoms. The van der Waals surface area contributed by atoms with Gasteiger partial charge < -0.3 is 14.4 Å². The molecule has 6 nitrogen and oxygen atoms in total. The number of ether oxygens (including phenoxy) is 2. The second-order valence-corrected chi connectivity index (χ2v) is 8.04. The largest absolute Gasteiger partial charge is 0.444 e. The Morgan fingerprint density at radius 2 is 1.73 bits per heavy atom. The smallest absolute Gasteiger partial charge is 0.416 e. The van der Waals surface area contributed by atoms with Crippen LogP contribution in [-0.2, 0) is 20.5 Å². The van der Waals surface area contributed by atoms with E-state index in [1.165, 1.54) is 12.1 Å². The molecule has 0 bridgehead atoms. The van der Waals surface area contributed by atoms with Crippen molar-refractivity contribution in [2.75, 3.05) is 26.3 Å². The quantitative estimate of drug-likeness (QED) is 0.506. The van der Waals surface area contributed by atoms with E-state index in [1.807, 2.05) is 20.8 Å². The molecule has 0 aromatic heterocycles. The Labute approximate surface area is 174 Å². The fourth-order valence-corrected chi connectivity index (χ4v) is 2.85. The van der Waals surface area contributed by atoms with Gasteiger partial charge in [0.05, 0.1) is 30.6 Å². The van der Waals surface area contributed by atoms with Crippen molar-refractivity contribution < 1.29 is 32.3 Å². The van der Waals surface area contributed by atoms with E-state index in [0.29, 0.717) is 43.8 Å². The van der Waals surface area contributed by atoms with Crippen molar-refractivity contribution >= 4 is 11.8 Å². The van der Waals surface area contributed by atoms with Gasteiger partial charge in [-0.2, -0.15) is 13.2 Å². The minimum Gasteiger partial charge on any atom is -0.444 e. The molecule has 1 aliphatic heterocycles. The second kappa shape index (κ2) is 10.2. The van der Waals surface area contributed by atoms with Gasteiger partial charge in [0.1, 0.15) is 5.60 Å². The normalized spacial score (nSPS) is 15.7. The summed E-state index contributed by atoms with van der Waals surface area (Å²) in [6, 6.07) is 4.65. The lowest BCUT2D eigenvalue weighted by Gasteiger charge is -2.33. The van der Waals surface area contributed by atoms with E-state index in [2.05, 4.69) is 12.1 Å². The van der Waals surface area contributed by atoms with Crippen LogP contribution in [0.2, 0.25) is 0 Å². The number of halogens is 3. The third kappa shape index (κ3) is 7.87. The van der Waals surface area contributed by atoms with Gasteiger partial charge in [-0.05, 0) is 51.3 Å². The summed E-state index contributed by atoms with van der Waals surface area (Å²) in [4.78, 5) is 19.0. The number of likely N-dealkylation sites (tertiary alicyclic amines) is 1. The first-order chi connectivity index (χ1) is 14.0. The first-order valence-electron chi connectivity index (χ1n) is 9.79. The average molecular weight is 430 g/mol. The first-order valence-corrected chi connectivity index (χ1v) is 9.79. The average Bonchev–Trinajstić information content (AvgIpc) is 2.66. The molecule has 0 aliphatic carbocycles. The molecule has 1 fully saturated rings. The minimum atomic E-state index is -4.37. The Hall–Kier alpha value is -2.26. The predicted molar refractivity (Wildman–Crippen MR) is 106 cm³/mol. The van der Waals surface area contributed by atoms with Crippen molar-refractivity contribution in [2.45, 2.75) is 51.5 Å². The number of nitrogens with one attached hydrogen (secondary N) is 1. The second-order valence-electron chi connectivity index (χ2n) is 8.04. The van der Waals surface area contributed by atoms with Crippen LogP contribution < -0.4 is 5.48 Å². The molecule has 1 N–H and O–H groups in total. The fourth-order valence-electron chi connectivity index (χ4n) is 2.85. The number of piperidine rings is 1. The van der Waals surface area contributed by atoms with E-state index < -0.39 is 17.3 Å². The molecule has 1 saturated heterocycles. The van der Waals surface area contributed by atoms with Crippen molar-refractivity contribution in [3.05, 3.63) is 42.0 Å². The molecule has 168 valence electrons. The van der Waals surface area contributed by atoms with Gasteiger partial charge in [0, 0.05) is 13.1 Å². The fraction of sp³-hybridized carbons (Fsp3) is 0.571. The Kier molecular flexibility index (Phi) is 8.14. The van der Waals surface area contributed by atoms with Gasteiger partial charge in [0.25, 0.3) is 0 Å². The lowest BCUT2D eigenvalue weighted by atomic mass is 10.1. The monoisotopic (exact) mass is 430 g/mol. The number of carbonyl (C=O) groups excluding carboxylic acids is 1. The van der Waals surface area contributed by atoms with Crippen molar-refractivity contribution in [2.24, 2.45) is 0 Å². The molecule has 0 atom stereocenters. The molecule has 2 rings (SSSR count). The van der Waals surface area contributed by atoms with E-state index in [4.69, 9.17) is 14.3 Å². The van der Waals surface area contributed by atoms with Gasteiger partial charge >= 0.3 is 12.3 Å². The van der Waals surface area contributed by atoms with Crippen LogP contribution in [0.4, 0.5) is 18.0 Å². The number of nitrogens with zero attached hydrogens (tertiary/aromatic N) is 1. The van der Waals surface area contributed by atoms with E-state index in [9.17, 15) is 18.0 Å². The lowest BCUT2D eigenvalue weighted by Crippen LogP contribution is -2.43. The third-order valence-electron chi connectivity index (χ3n) is 4.39. The predicted octanol–water partition coefficient (Wildman–Crippen LogP) is 4.61. The number of carbonyl (C=O) groups is 1. The summed E-state index contributed by atoms with van der Waals surface area (Å²) in [7, 11) is 0. The van der Waals surface area contributed by atoms with Gasteiger partial charge in [0.15, 0.2) is 0 Å². The SMILES string of the molecule is C=C(NOCCOC1CCN(C(=O)OC(C)(C)C)CC1)c1ccc(C(F)(F)F)cc1. The van der Waals surface area contributed by atoms with Gasteiger partial charge in [-0.15, -0.1) is 0 Å². The highest BCUT2D eigenvalue weighted by molar-refractivity contribution is 5.68. The zero-order valence-electron chi connectivity index (χ0n) is 17.6. The Morgan fingerprint density at radius 3 is 2.27 bits per heavy atom.